The minimum absolute atomic E-state index is 0.0495. The highest BCUT2D eigenvalue weighted by atomic mass is 16.6. The number of carboxylic acids is 1. The van der Waals surface area contributed by atoms with Gasteiger partial charge in [0.15, 0.2) is 12.1 Å². The van der Waals surface area contributed by atoms with Crippen molar-refractivity contribution in [3.8, 4) is 0 Å². The molecule has 0 saturated heterocycles. The molecule has 0 spiro atoms. The molecule has 0 aliphatic rings. The van der Waals surface area contributed by atoms with Crippen LogP contribution in [0.1, 0.15) is 226 Å². The van der Waals surface area contributed by atoms with Gasteiger partial charge in [-0.3, -0.25) is 9.59 Å². The number of allylic oxidation sites excluding steroid dienone is 10. The van der Waals surface area contributed by atoms with Crippen LogP contribution in [-0.4, -0.2) is 80.6 Å². The number of likely N-dealkylation sites (N-methyl/N-ethyl adjacent to an activating group) is 1. The van der Waals surface area contributed by atoms with Crippen molar-refractivity contribution in [1.29, 1.82) is 0 Å². The molecule has 0 rings (SSSR count). The number of esters is 2. The number of unbranched alkanes of at least 4 members (excludes halogenated alkanes) is 25. The van der Waals surface area contributed by atoms with Crippen molar-refractivity contribution in [3.05, 3.63) is 60.8 Å². The second-order valence-corrected chi connectivity index (χ2v) is 18.8. The normalized spacial score (nSPS) is 13.3. The Labute approximate surface area is 394 Å². The Morgan fingerprint density at radius 1 is 0.484 bits per heavy atom. The molecule has 0 amide bonds. The average Bonchev–Trinajstić information content (AvgIpc) is 3.26. The summed E-state index contributed by atoms with van der Waals surface area (Å²) < 4.78 is 17.3. The largest absolute Gasteiger partial charge is 0.477 e. The molecule has 2 atom stereocenters. The van der Waals surface area contributed by atoms with Gasteiger partial charge in [-0.25, -0.2) is 4.79 Å². The highest BCUT2D eigenvalue weighted by Gasteiger charge is 2.31. The van der Waals surface area contributed by atoms with Gasteiger partial charge in [-0.05, 0) is 70.6 Å². The molecule has 0 aromatic rings. The van der Waals surface area contributed by atoms with Crippen molar-refractivity contribution in [3.63, 3.8) is 0 Å². The Morgan fingerprint density at radius 3 is 1.33 bits per heavy atom. The number of ether oxygens (including phenoxy) is 3. The van der Waals surface area contributed by atoms with Gasteiger partial charge in [0.1, 0.15) is 6.61 Å². The Kier molecular flexibility index (Phi) is 44.4. The molecular formula is C56H100NO7+. The maximum atomic E-state index is 12.8. The molecule has 0 aliphatic carbocycles. The second kappa shape index (κ2) is 46.6. The average molecular weight is 899 g/mol. The van der Waals surface area contributed by atoms with Crippen LogP contribution in [0.3, 0.4) is 0 Å². The minimum Gasteiger partial charge on any atom is -0.477 e. The van der Waals surface area contributed by atoms with E-state index in [9.17, 15) is 19.5 Å². The molecule has 0 aromatic carbocycles. The quantitative estimate of drug-likeness (QED) is 0.0213. The summed E-state index contributed by atoms with van der Waals surface area (Å²) in [4.78, 5) is 37.2. The first-order valence-corrected chi connectivity index (χ1v) is 26.4. The standard InChI is InChI=1S/C56H99NO7/c1-6-8-10-12-14-16-18-20-22-24-26-27-28-29-31-33-35-37-39-41-43-45-47-55(59)64-52(50-62-49-48-53(56(60)61)57(3,4)5)51-63-54(58)46-44-42-40-38-36-34-32-30-25-23-21-19-17-15-13-11-9-7-2/h19,21,23-26,28-30,32,52-53H,6-18,20,22,27,31,33-51H2,1-5H3/p+1/b21-19+,25-23+,26-24+,29-28+,32-30+. The Balaban J connectivity index is 4.30. The van der Waals surface area contributed by atoms with Gasteiger partial charge in [0.25, 0.3) is 0 Å². The van der Waals surface area contributed by atoms with E-state index in [2.05, 4.69) is 74.6 Å². The van der Waals surface area contributed by atoms with Crippen molar-refractivity contribution in [2.75, 3.05) is 41.0 Å². The molecule has 1 N–H and O–H groups in total. The summed E-state index contributed by atoms with van der Waals surface area (Å²) >= 11 is 0. The summed E-state index contributed by atoms with van der Waals surface area (Å²) in [6.45, 7) is 4.70. The van der Waals surface area contributed by atoms with Gasteiger partial charge in [0.2, 0.25) is 0 Å². The summed E-state index contributed by atoms with van der Waals surface area (Å²) in [6.07, 6.45) is 58.4. The van der Waals surface area contributed by atoms with Gasteiger partial charge in [0.05, 0.1) is 34.4 Å². The lowest BCUT2D eigenvalue weighted by Gasteiger charge is -2.31. The number of hydrogen-bond donors (Lipinski definition) is 1. The molecule has 8 heteroatoms. The van der Waals surface area contributed by atoms with Crippen molar-refractivity contribution in [2.24, 2.45) is 0 Å². The molecule has 370 valence electrons. The topological polar surface area (TPSA) is 99.1 Å². The van der Waals surface area contributed by atoms with Gasteiger partial charge >= 0.3 is 17.9 Å². The van der Waals surface area contributed by atoms with Crippen LogP contribution in [0.2, 0.25) is 0 Å². The second-order valence-electron chi connectivity index (χ2n) is 18.8. The van der Waals surface area contributed by atoms with Gasteiger partial charge < -0.3 is 23.8 Å². The minimum atomic E-state index is -0.880. The number of nitrogens with zero attached hydrogens (tertiary/aromatic N) is 1. The molecule has 0 bridgehead atoms. The van der Waals surface area contributed by atoms with Crippen LogP contribution in [0.25, 0.3) is 0 Å². The first-order valence-electron chi connectivity index (χ1n) is 26.4. The van der Waals surface area contributed by atoms with Crippen molar-refractivity contribution in [1.82, 2.24) is 0 Å². The summed E-state index contributed by atoms with van der Waals surface area (Å²) in [7, 11) is 5.53. The smallest absolute Gasteiger partial charge is 0.362 e. The van der Waals surface area contributed by atoms with E-state index in [1.54, 1.807) is 0 Å². The Hall–Kier alpha value is -2.97. The van der Waals surface area contributed by atoms with E-state index in [0.29, 0.717) is 19.3 Å². The van der Waals surface area contributed by atoms with E-state index in [4.69, 9.17) is 14.2 Å². The van der Waals surface area contributed by atoms with E-state index in [-0.39, 0.29) is 36.2 Å². The highest BCUT2D eigenvalue weighted by molar-refractivity contribution is 5.72. The predicted molar refractivity (Wildman–Crippen MR) is 271 cm³/mol. The fourth-order valence-electron chi connectivity index (χ4n) is 7.59. The third-order valence-corrected chi connectivity index (χ3v) is 11.7. The van der Waals surface area contributed by atoms with E-state index in [1.165, 1.54) is 116 Å². The van der Waals surface area contributed by atoms with E-state index < -0.39 is 18.1 Å². The van der Waals surface area contributed by atoms with Crippen LogP contribution in [0, 0.1) is 0 Å². The summed E-state index contributed by atoms with van der Waals surface area (Å²) in [5, 5.41) is 9.66. The van der Waals surface area contributed by atoms with Crippen LogP contribution < -0.4 is 0 Å². The first kappa shape index (κ1) is 61.0. The Bertz CT molecular complexity index is 1230. The maximum absolute atomic E-state index is 12.8. The number of carbonyl (C=O) groups is 3. The molecule has 0 saturated carbocycles. The lowest BCUT2D eigenvalue weighted by molar-refractivity contribution is -0.887. The zero-order chi connectivity index (χ0) is 47.0. The number of rotatable bonds is 47. The van der Waals surface area contributed by atoms with Gasteiger partial charge in [-0.1, -0.05) is 197 Å². The molecular weight excluding hydrogens is 799 g/mol. The molecule has 8 nitrogen and oxygen atoms in total. The number of carboxylic acid groups (broad SMARTS) is 1. The van der Waals surface area contributed by atoms with E-state index >= 15 is 0 Å². The van der Waals surface area contributed by atoms with Gasteiger partial charge in [0, 0.05) is 19.3 Å². The lowest BCUT2D eigenvalue weighted by Crippen LogP contribution is -2.50. The number of hydrogen-bond acceptors (Lipinski definition) is 6. The number of carbonyl (C=O) groups excluding carboxylic acids is 2. The summed E-state index contributed by atoms with van der Waals surface area (Å²) in [6, 6.07) is -0.622. The van der Waals surface area contributed by atoms with Crippen LogP contribution in [0.4, 0.5) is 0 Å². The third kappa shape index (κ3) is 44.2. The fourth-order valence-corrected chi connectivity index (χ4v) is 7.59. The molecule has 2 unspecified atom stereocenters. The predicted octanol–water partition coefficient (Wildman–Crippen LogP) is 15.3. The van der Waals surface area contributed by atoms with Crippen molar-refractivity contribution < 1.29 is 38.2 Å². The maximum Gasteiger partial charge on any atom is 0.362 e. The Morgan fingerprint density at radius 2 is 0.891 bits per heavy atom. The SMILES string of the molecule is CCCCCCC/C=C/C=C/C=C/CCCCCCCC(=O)OCC(COCCC(C(=O)O)[N+](C)(C)C)OC(=O)CCCCCCCCC/C=C/C/C=C/CCCCCCCCCC. The third-order valence-electron chi connectivity index (χ3n) is 11.7. The van der Waals surface area contributed by atoms with Crippen LogP contribution in [-0.2, 0) is 28.6 Å². The molecule has 64 heavy (non-hydrogen) atoms. The summed E-state index contributed by atoms with van der Waals surface area (Å²) in [5.74, 6) is -1.50. The van der Waals surface area contributed by atoms with Gasteiger partial charge in [-0.2, -0.15) is 0 Å². The zero-order valence-electron chi connectivity index (χ0n) is 42.2. The number of aliphatic carboxylic acids is 1. The first-order chi connectivity index (χ1) is 31.1. The van der Waals surface area contributed by atoms with E-state index in [0.717, 1.165) is 77.0 Å². The van der Waals surface area contributed by atoms with Crippen LogP contribution >= 0.6 is 0 Å². The van der Waals surface area contributed by atoms with Crippen molar-refractivity contribution in [2.45, 2.75) is 238 Å². The zero-order valence-corrected chi connectivity index (χ0v) is 42.2. The van der Waals surface area contributed by atoms with Crippen molar-refractivity contribution >= 4 is 17.9 Å². The molecule has 0 radical (unpaired) electrons. The highest BCUT2D eigenvalue weighted by Crippen LogP contribution is 2.14. The molecule has 0 fully saturated rings. The molecule has 0 aromatic heterocycles. The molecule has 0 aliphatic heterocycles. The summed E-state index contributed by atoms with van der Waals surface area (Å²) in [5.41, 5.74) is 0. The molecule has 0 heterocycles. The fraction of sp³-hybridized carbons (Fsp3) is 0.768. The lowest BCUT2D eigenvalue weighted by atomic mass is 10.1. The van der Waals surface area contributed by atoms with Crippen LogP contribution in [0.15, 0.2) is 60.8 Å². The van der Waals surface area contributed by atoms with Gasteiger partial charge in [-0.15, -0.1) is 0 Å². The van der Waals surface area contributed by atoms with E-state index in [1.807, 2.05) is 21.1 Å². The monoisotopic (exact) mass is 899 g/mol. The van der Waals surface area contributed by atoms with Crippen LogP contribution in [0.5, 0.6) is 0 Å². The number of quaternary nitrogens is 1.